The minimum atomic E-state index is -0.0869. The van der Waals surface area contributed by atoms with Gasteiger partial charge in [0.25, 0.3) is 5.91 Å². The Hall–Kier alpha value is -1.85. The number of ether oxygens (including phenoxy) is 1. The molecule has 1 aromatic heterocycles. The molecule has 26 heavy (non-hydrogen) atoms. The number of nitrogens with one attached hydrogen (secondary N) is 1. The molecule has 6 heteroatoms. The molecule has 0 radical (unpaired) electrons. The van der Waals surface area contributed by atoms with Gasteiger partial charge in [-0.25, -0.2) is 4.68 Å². The third-order valence-electron chi connectivity index (χ3n) is 4.47. The molecule has 1 aliphatic rings. The fourth-order valence-corrected chi connectivity index (χ4v) is 3.01. The van der Waals surface area contributed by atoms with E-state index in [9.17, 15) is 4.79 Å². The van der Waals surface area contributed by atoms with E-state index < -0.39 is 0 Å². The van der Waals surface area contributed by atoms with E-state index in [4.69, 9.17) is 16.3 Å². The van der Waals surface area contributed by atoms with Crippen molar-refractivity contribution < 1.29 is 9.53 Å². The van der Waals surface area contributed by atoms with Crippen LogP contribution in [-0.4, -0.2) is 35.4 Å². The summed E-state index contributed by atoms with van der Waals surface area (Å²) in [4.78, 5) is 12.6. The molecule has 2 aromatic rings. The van der Waals surface area contributed by atoms with Crippen molar-refractivity contribution >= 4 is 17.5 Å². The highest BCUT2D eigenvalue weighted by Crippen LogP contribution is 2.28. The molecule has 1 saturated carbocycles. The van der Waals surface area contributed by atoms with Crippen LogP contribution < -0.4 is 5.32 Å². The lowest BCUT2D eigenvalue weighted by Gasteiger charge is -2.13. The van der Waals surface area contributed by atoms with Crippen LogP contribution in [0.5, 0.6) is 0 Å². The standard InChI is InChI=1S/C20H26ClN3O2/c1-14(2)19-18(12-23-24(19)17-8-6-16(21)7-9-17)20(25)22-10-3-11-26-13-15-4-5-15/h6-9,12,14-15H,3-5,10-11,13H2,1-2H3,(H,22,25). The summed E-state index contributed by atoms with van der Waals surface area (Å²) in [5.74, 6) is 0.851. The van der Waals surface area contributed by atoms with E-state index >= 15 is 0 Å². The maximum atomic E-state index is 12.6. The second kappa shape index (κ2) is 8.69. The van der Waals surface area contributed by atoms with E-state index in [0.717, 1.165) is 30.3 Å². The molecule has 5 nitrogen and oxygen atoms in total. The van der Waals surface area contributed by atoms with E-state index in [2.05, 4.69) is 24.3 Å². The molecule has 0 unspecified atom stereocenters. The van der Waals surface area contributed by atoms with Gasteiger partial charge in [0.15, 0.2) is 0 Å². The van der Waals surface area contributed by atoms with E-state index in [-0.39, 0.29) is 11.8 Å². The summed E-state index contributed by atoms with van der Waals surface area (Å²) in [6, 6.07) is 7.45. The van der Waals surface area contributed by atoms with Gasteiger partial charge in [-0.15, -0.1) is 0 Å². The van der Waals surface area contributed by atoms with E-state index in [0.29, 0.717) is 23.7 Å². The quantitative estimate of drug-likeness (QED) is 0.668. The van der Waals surface area contributed by atoms with Crippen molar-refractivity contribution in [2.45, 2.75) is 39.0 Å². The first kappa shape index (κ1) is 18.9. The summed E-state index contributed by atoms with van der Waals surface area (Å²) >= 11 is 5.97. The topological polar surface area (TPSA) is 56.1 Å². The zero-order valence-electron chi connectivity index (χ0n) is 15.4. The largest absolute Gasteiger partial charge is 0.381 e. The van der Waals surface area contributed by atoms with Gasteiger partial charge in [-0.3, -0.25) is 4.79 Å². The smallest absolute Gasteiger partial charge is 0.254 e. The number of hydrogen-bond donors (Lipinski definition) is 1. The van der Waals surface area contributed by atoms with Crippen LogP contribution in [0.15, 0.2) is 30.5 Å². The Balaban J connectivity index is 1.61. The van der Waals surface area contributed by atoms with Crippen molar-refractivity contribution in [1.82, 2.24) is 15.1 Å². The third kappa shape index (κ3) is 4.86. The van der Waals surface area contributed by atoms with Gasteiger partial charge in [-0.05, 0) is 55.4 Å². The van der Waals surface area contributed by atoms with E-state index in [1.807, 2.05) is 28.9 Å². The van der Waals surface area contributed by atoms with Crippen molar-refractivity contribution in [1.29, 1.82) is 0 Å². The molecule has 1 aliphatic carbocycles. The van der Waals surface area contributed by atoms with Crippen molar-refractivity contribution in [2.75, 3.05) is 19.8 Å². The van der Waals surface area contributed by atoms with Gasteiger partial charge in [0.1, 0.15) is 0 Å². The Labute approximate surface area is 159 Å². The minimum Gasteiger partial charge on any atom is -0.381 e. The molecule has 1 amide bonds. The normalized spacial score (nSPS) is 14.0. The summed E-state index contributed by atoms with van der Waals surface area (Å²) in [7, 11) is 0. The highest BCUT2D eigenvalue weighted by atomic mass is 35.5. The van der Waals surface area contributed by atoms with Crippen LogP contribution in [0.1, 0.15) is 55.1 Å². The number of carbonyl (C=O) groups is 1. The SMILES string of the molecule is CC(C)c1c(C(=O)NCCCOCC2CC2)cnn1-c1ccc(Cl)cc1. The first-order valence-electron chi connectivity index (χ1n) is 9.26. The number of carbonyl (C=O) groups excluding carboxylic acids is 1. The summed E-state index contributed by atoms with van der Waals surface area (Å²) in [5.41, 5.74) is 2.41. The van der Waals surface area contributed by atoms with Crippen LogP contribution in [0, 0.1) is 5.92 Å². The Bertz CT molecular complexity index is 736. The predicted molar refractivity (Wildman–Crippen MR) is 103 cm³/mol. The second-order valence-electron chi connectivity index (χ2n) is 7.11. The highest BCUT2D eigenvalue weighted by molar-refractivity contribution is 6.30. The molecular formula is C20H26ClN3O2. The highest BCUT2D eigenvalue weighted by Gasteiger charge is 2.22. The van der Waals surface area contributed by atoms with Gasteiger partial charge in [0, 0.05) is 24.8 Å². The van der Waals surface area contributed by atoms with Crippen LogP contribution in [0.4, 0.5) is 0 Å². The lowest BCUT2D eigenvalue weighted by atomic mass is 10.0. The molecule has 3 rings (SSSR count). The van der Waals surface area contributed by atoms with Gasteiger partial charge in [0.05, 0.1) is 23.1 Å². The maximum absolute atomic E-state index is 12.6. The lowest BCUT2D eigenvalue weighted by molar-refractivity contribution is 0.0936. The van der Waals surface area contributed by atoms with E-state index in [1.165, 1.54) is 12.8 Å². The maximum Gasteiger partial charge on any atom is 0.254 e. The zero-order valence-corrected chi connectivity index (χ0v) is 16.1. The first-order valence-corrected chi connectivity index (χ1v) is 9.64. The first-order chi connectivity index (χ1) is 12.6. The van der Waals surface area contributed by atoms with E-state index in [1.54, 1.807) is 6.20 Å². The zero-order chi connectivity index (χ0) is 18.5. The number of rotatable bonds is 9. The fourth-order valence-electron chi connectivity index (χ4n) is 2.88. The minimum absolute atomic E-state index is 0.0869. The summed E-state index contributed by atoms with van der Waals surface area (Å²) in [5, 5.41) is 8.08. The Morgan fingerprint density at radius 1 is 1.35 bits per heavy atom. The molecule has 0 bridgehead atoms. The van der Waals surface area contributed by atoms with Crippen LogP contribution in [0.3, 0.4) is 0 Å². The van der Waals surface area contributed by atoms with Gasteiger partial charge >= 0.3 is 0 Å². The van der Waals surface area contributed by atoms with Crippen LogP contribution in [-0.2, 0) is 4.74 Å². The number of hydrogen-bond acceptors (Lipinski definition) is 3. The molecule has 1 fully saturated rings. The third-order valence-corrected chi connectivity index (χ3v) is 4.72. The summed E-state index contributed by atoms with van der Waals surface area (Å²) < 4.78 is 7.41. The summed E-state index contributed by atoms with van der Waals surface area (Å²) in [6.45, 7) is 6.28. The number of benzene rings is 1. The van der Waals surface area contributed by atoms with Crippen molar-refractivity contribution in [2.24, 2.45) is 5.92 Å². The monoisotopic (exact) mass is 375 g/mol. The summed E-state index contributed by atoms with van der Waals surface area (Å²) in [6.07, 6.45) is 5.06. The molecule has 0 saturated heterocycles. The molecule has 0 atom stereocenters. The number of halogens is 1. The van der Waals surface area contributed by atoms with Crippen molar-refractivity contribution in [3.05, 3.63) is 46.7 Å². The van der Waals surface area contributed by atoms with Crippen molar-refractivity contribution in [3.8, 4) is 5.69 Å². The molecule has 140 valence electrons. The average molecular weight is 376 g/mol. The molecule has 1 heterocycles. The van der Waals surface area contributed by atoms with Gasteiger partial charge in [-0.1, -0.05) is 25.4 Å². The van der Waals surface area contributed by atoms with Gasteiger partial charge in [-0.2, -0.15) is 5.10 Å². The van der Waals surface area contributed by atoms with Gasteiger partial charge in [0.2, 0.25) is 0 Å². The molecule has 1 aromatic carbocycles. The fraction of sp³-hybridized carbons (Fsp3) is 0.500. The number of amides is 1. The Morgan fingerprint density at radius 2 is 2.08 bits per heavy atom. The number of nitrogens with zero attached hydrogens (tertiary/aromatic N) is 2. The molecule has 0 aliphatic heterocycles. The Morgan fingerprint density at radius 3 is 2.73 bits per heavy atom. The number of aromatic nitrogens is 2. The Kier molecular flexibility index (Phi) is 6.33. The molecule has 1 N–H and O–H groups in total. The van der Waals surface area contributed by atoms with Crippen molar-refractivity contribution in [3.63, 3.8) is 0 Å². The predicted octanol–water partition coefficient (Wildman–Crippen LogP) is 4.20. The van der Waals surface area contributed by atoms with Crippen LogP contribution >= 0.6 is 11.6 Å². The van der Waals surface area contributed by atoms with Crippen LogP contribution in [0.2, 0.25) is 5.02 Å². The molecule has 0 spiro atoms. The lowest BCUT2D eigenvalue weighted by Crippen LogP contribution is -2.26. The van der Waals surface area contributed by atoms with Gasteiger partial charge < -0.3 is 10.1 Å². The molecular weight excluding hydrogens is 350 g/mol. The average Bonchev–Trinajstić information content (AvgIpc) is 3.33. The van der Waals surface area contributed by atoms with Crippen LogP contribution in [0.25, 0.3) is 5.69 Å². The second-order valence-corrected chi connectivity index (χ2v) is 7.55.